The van der Waals surface area contributed by atoms with Crippen LogP contribution in [0.25, 0.3) is 0 Å². The molecular formula is C14H16BrFN2O. The number of aryl methyl sites for hydroxylation is 2. The van der Waals surface area contributed by atoms with E-state index in [4.69, 9.17) is 0 Å². The fraction of sp³-hybridized carbons (Fsp3) is 0.357. The molecule has 0 aliphatic heterocycles. The van der Waals surface area contributed by atoms with Crippen LogP contribution >= 0.6 is 15.9 Å². The van der Waals surface area contributed by atoms with Gasteiger partial charge in [0.05, 0.1) is 17.5 Å². The van der Waals surface area contributed by atoms with Crippen molar-refractivity contribution in [1.82, 2.24) is 9.78 Å². The zero-order chi connectivity index (χ0) is 14.0. The number of benzene rings is 1. The summed E-state index contributed by atoms with van der Waals surface area (Å²) in [4.78, 5) is 0. The molecule has 1 aromatic heterocycles. The number of aromatic nitrogens is 2. The van der Waals surface area contributed by atoms with Gasteiger partial charge < -0.3 is 5.11 Å². The van der Waals surface area contributed by atoms with Crippen LogP contribution in [0, 0.1) is 5.82 Å². The van der Waals surface area contributed by atoms with E-state index >= 15 is 0 Å². The van der Waals surface area contributed by atoms with Crippen molar-refractivity contribution in [3.63, 3.8) is 0 Å². The Bertz CT molecular complexity index is 583. The van der Waals surface area contributed by atoms with Crippen LogP contribution in [0.3, 0.4) is 0 Å². The van der Waals surface area contributed by atoms with Gasteiger partial charge >= 0.3 is 0 Å². The Morgan fingerprint density at radius 3 is 2.79 bits per heavy atom. The van der Waals surface area contributed by atoms with Gasteiger partial charge in [-0.1, -0.05) is 22.9 Å². The first-order chi connectivity index (χ1) is 9.01. The largest absolute Gasteiger partial charge is 0.386 e. The van der Waals surface area contributed by atoms with Gasteiger partial charge in [0.2, 0.25) is 0 Å². The summed E-state index contributed by atoms with van der Waals surface area (Å²) < 4.78 is 16.1. The summed E-state index contributed by atoms with van der Waals surface area (Å²) in [6, 6.07) is 6.59. The van der Waals surface area contributed by atoms with Gasteiger partial charge in [-0.2, -0.15) is 5.10 Å². The fourth-order valence-electron chi connectivity index (χ4n) is 2.04. The molecule has 0 aliphatic carbocycles. The van der Waals surface area contributed by atoms with Crippen molar-refractivity contribution in [1.29, 1.82) is 0 Å². The minimum Gasteiger partial charge on any atom is -0.386 e. The predicted octanol–water partition coefficient (Wildman–Crippen LogP) is 3.16. The molecule has 0 aliphatic rings. The Balaban J connectivity index is 2.22. The number of aliphatic hydroxyl groups is 1. The number of hydrogen-bond donors (Lipinski definition) is 1. The summed E-state index contributed by atoms with van der Waals surface area (Å²) in [7, 11) is 1.79. The Morgan fingerprint density at radius 2 is 2.16 bits per heavy atom. The van der Waals surface area contributed by atoms with Crippen molar-refractivity contribution in [3.8, 4) is 0 Å². The molecule has 1 aromatic carbocycles. The van der Waals surface area contributed by atoms with Crippen LogP contribution in [0.2, 0.25) is 0 Å². The Hall–Kier alpha value is -1.20. The monoisotopic (exact) mass is 326 g/mol. The maximum absolute atomic E-state index is 13.7. The molecule has 1 unspecified atom stereocenters. The first-order valence-electron chi connectivity index (χ1n) is 6.16. The van der Waals surface area contributed by atoms with Gasteiger partial charge in [0.1, 0.15) is 5.82 Å². The van der Waals surface area contributed by atoms with Crippen LogP contribution in [0.15, 0.2) is 28.7 Å². The molecular weight excluding hydrogens is 311 g/mol. The molecule has 19 heavy (non-hydrogen) atoms. The van der Waals surface area contributed by atoms with Crippen LogP contribution in [0.5, 0.6) is 0 Å². The SMILES string of the molecule is CCc1cc(C(O)Cc2cc(Br)ccc2F)n(C)n1. The van der Waals surface area contributed by atoms with Gasteiger partial charge in [-0.25, -0.2) is 4.39 Å². The van der Waals surface area contributed by atoms with Crippen molar-refractivity contribution < 1.29 is 9.50 Å². The first-order valence-corrected chi connectivity index (χ1v) is 6.95. The van der Waals surface area contributed by atoms with Crippen LogP contribution in [-0.2, 0) is 19.9 Å². The van der Waals surface area contributed by atoms with E-state index in [1.165, 1.54) is 6.07 Å². The maximum atomic E-state index is 13.7. The van der Waals surface area contributed by atoms with Gasteiger partial charge in [0.15, 0.2) is 0 Å². The van der Waals surface area contributed by atoms with Crippen molar-refractivity contribution in [3.05, 3.63) is 51.5 Å². The van der Waals surface area contributed by atoms with E-state index in [-0.39, 0.29) is 12.2 Å². The molecule has 0 amide bonds. The molecule has 1 heterocycles. The van der Waals surface area contributed by atoms with E-state index in [0.29, 0.717) is 11.3 Å². The zero-order valence-electron chi connectivity index (χ0n) is 10.9. The van der Waals surface area contributed by atoms with Gasteiger partial charge in [-0.3, -0.25) is 4.68 Å². The third kappa shape index (κ3) is 3.22. The molecule has 2 rings (SSSR count). The lowest BCUT2D eigenvalue weighted by Crippen LogP contribution is -2.08. The van der Waals surface area contributed by atoms with E-state index in [2.05, 4.69) is 21.0 Å². The smallest absolute Gasteiger partial charge is 0.126 e. The molecule has 0 radical (unpaired) electrons. The highest BCUT2D eigenvalue weighted by molar-refractivity contribution is 9.10. The highest BCUT2D eigenvalue weighted by Crippen LogP contribution is 2.23. The molecule has 0 saturated heterocycles. The standard InChI is InChI=1S/C14H16BrFN2O/c1-3-11-8-13(18(2)17-11)14(19)7-9-6-10(15)4-5-12(9)16/h4-6,8,14,19H,3,7H2,1-2H3. The summed E-state index contributed by atoms with van der Waals surface area (Å²) in [5.74, 6) is -0.305. The molecule has 1 N–H and O–H groups in total. The number of nitrogens with zero attached hydrogens (tertiary/aromatic N) is 2. The second kappa shape index (κ2) is 5.84. The highest BCUT2D eigenvalue weighted by Gasteiger charge is 2.16. The van der Waals surface area contributed by atoms with Crippen molar-refractivity contribution in [2.45, 2.75) is 25.9 Å². The van der Waals surface area contributed by atoms with E-state index in [1.807, 2.05) is 13.0 Å². The minimum atomic E-state index is -0.762. The van der Waals surface area contributed by atoms with E-state index in [9.17, 15) is 9.50 Å². The van der Waals surface area contributed by atoms with Gasteiger partial charge in [0.25, 0.3) is 0 Å². The minimum absolute atomic E-state index is 0.230. The van der Waals surface area contributed by atoms with E-state index in [0.717, 1.165) is 16.6 Å². The highest BCUT2D eigenvalue weighted by atomic mass is 79.9. The third-order valence-corrected chi connectivity index (χ3v) is 3.58. The average molecular weight is 327 g/mol. The molecule has 102 valence electrons. The van der Waals surface area contributed by atoms with Crippen LogP contribution < -0.4 is 0 Å². The number of hydrogen-bond acceptors (Lipinski definition) is 2. The Kier molecular flexibility index (Phi) is 4.37. The van der Waals surface area contributed by atoms with Gasteiger partial charge in [-0.05, 0) is 36.2 Å². The second-order valence-corrected chi connectivity index (χ2v) is 5.41. The second-order valence-electron chi connectivity index (χ2n) is 4.49. The molecule has 3 nitrogen and oxygen atoms in total. The first kappa shape index (κ1) is 14.2. The van der Waals surface area contributed by atoms with Crippen LogP contribution in [0.4, 0.5) is 4.39 Å². The number of aliphatic hydroxyl groups excluding tert-OH is 1. The van der Waals surface area contributed by atoms with Gasteiger partial charge in [-0.15, -0.1) is 0 Å². The van der Waals surface area contributed by atoms with Crippen molar-refractivity contribution in [2.24, 2.45) is 7.05 Å². The van der Waals surface area contributed by atoms with Crippen molar-refractivity contribution >= 4 is 15.9 Å². The topological polar surface area (TPSA) is 38.0 Å². The van der Waals surface area contributed by atoms with E-state index in [1.54, 1.807) is 23.9 Å². The summed E-state index contributed by atoms with van der Waals surface area (Å²) in [6.45, 7) is 2.01. The number of rotatable bonds is 4. The number of halogens is 2. The molecule has 0 fully saturated rings. The lowest BCUT2D eigenvalue weighted by Gasteiger charge is -2.12. The van der Waals surface area contributed by atoms with E-state index < -0.39 is 6.10 Å². The van der Waals surface area contributed by atoms with Crippen molar-refractivity contribution in [2.75, 3.05) is 0 Å². The lowest BCUT2D eigenvalue weighted by molar-refractivity contribution is 0.167. The summed E-state index contributed by atoms with van der Waals surface area (Å²) >= 11 is 3.31. The molecule has 5 heteroatoms. The molecule has 2 aromatic rings. The average Bonchev–Trinajstić information content (AvgIpc) is 2.75. The quantitative estimate of drug-likeness (QED) is 0.937. The van der Waals surface area contributed by atoms with Gasteiger partial charge in [0, 0.05) is 17.9 Å². The maximum Gasteiger partial charge on any atom is 0.126 e. The summed E-state index contributed by atoms with van der Waals surface area (Å²) in [5.41, 5.74) is 2.11. The Labute approximate surface area is 120 Å². The normalized spacial score (nSPS) is 12.7. The third-order valence-electron chi connectivity index (χ3n) is 3.09. The van der Waals surface area contributed by atoms with Crippen LogP contribution in [-0.4, -0.2) is 14.9 Å². The predicted molar refractivity (Wildman–Crippen MR) is 75.3 cm³/mol. The molecule has 1 atom stereocenters. The fourth-order valence-corrected chi connectivity index (χ4v) is 2.45. The summed E-state index contributed by atoms with van der Waals surface area (Å²) in [6.07, 6.45) is 0.279. The summed E-state index contributed by atoms with van der Waals surface area (Å²) in [5, 5.41) is 14.5. The lowest BCUT2D eigenvalue weighted by atomic mass is 10.0. The molecule has 0 spiro atoms. The molecule has 0 saturated carbocycles. The molecule has 0 bridgehead atoms. The zero-order valence-corrected chi connectivity index (χ0v) is 12.5. The Morgan fingerprint density at radius 1 is 1.42 bits per heavy atom. The van der Waals surface area contributed by atoms with Crippen LogP contribution in [0.1, 0.15) is 30.0 Å².